The van der Waals surface area contributed by atoms with Crippen LogP contribution in [0.15, 0.2) is 36.5 Å². The number of hydrogen-bond acceptors (Lipinski definition) is 3. The molecule has 1 aliphatic rings. The first-order valence-corrected chi connectivity index (χ1v) is 8.20. The number of nitrogens with zero attached hydrogens (tertiary/aromatic N) is 2. The van der Waals surface area contributed by atoms with Crippen LogP contribution in [0.5, 0.6) is 0 Å². The van der Waals surface area contributed by atoms with Gasteiger partial charge >= 0.3 is 0 Å². The summed E-state index contributed by atoms with van der Waals surface area (Å²) in [5.41, 5.74) is 2.44. The van der Waals surface area contributed by atoms with Gasteiger partial charge in [-0.1, -0.05) is 30.3 Å². The highest BCUT2D eigenvalue weighted by molar-refractivity contribution is 6.00. The Bertz CT molecular complexity index is 639. The molecule has 1 amide bonds. The zero-order chi connectivity index (χ0) is 16.1. The summed E-state index contributed by atoms with van der Waals surface area (Å²) in [6, 6.07) is 10.1. The lowest BCUT2D eigenvalue weighted by Gasteiger charge is -2.35. The van der Waals surface area contributed by atoms with E-state index in [1.54, 1.807) is 13.3 Å². The van der Waals surface area contributed by atoms with Gasteiger partial charge in [-0.2, -0.15) is 5.10 Å². The van der Waals surface area contributed by atoms with Gasteiger partial charge in [0.15, 0.2) is 0 Å². The van der Waals surface area contributed by atoms with Crippen molar-refractivity contribution in [2.45, 2.75) is 31.7 Å². The van der Waals surface area contributed by atoms with Gasteiger partial charge in [-0.3, -0.25) is 9.89 Å². The normalized spacial score (nSPS) is 18.1. The van der Waals surface area contributed by atoms with Crippen LogP contribution in [0.1, 0.15) is 36.0 Å². The summed E-state index contributed by atoms with van der Waals surface area (Å²) in [5.74, 6) is 0.0680. The summed E-state index contributed by atoms with van der Waals surface area (Å²) >= 11 is 0. The molecule has 1 atom stereocenters. The molecule has 3 rings (SSSR count). The van der Waals surface area contributed by atoms with E-state index in [2.05, 4.69) is 10.2 Å². The van der Waals surface area contributed by atoms with Gasteiger partial charge in [-0.15, -0.1) is 0 Å². The number of carbonyl (C=O) groups excluding carboxylic acids is 1. The van der Waals surface area contributed by atoms with Gasteiger partial charge in [0, 0.05) is 31.9 Å². The number of methoxy groups -OCH3 is 1. The maximum Gasteiger partial charge on any atom is 0.257 e. The van der Waals surface area contributed by atoms with Gasteiger partial charge in [0.2, 0.25) is 0 Å². The third-order valence-electron chi connectivity index (χ3n) is 4.48. The van der Waals surface area contributed by atoms with E-state index in [4.69, 9.17) is 4.74 Å². The van der Waals surface area contributed by atoms with E-state index in [1.165, 1.54) is 6.42 Å². The first-order chi connectivity index (χ1) is 11.3. The van der Waals surface area contributed by atoms with Crippen molar-refractivity contribution in [2.75, 3.05) is 20.3 Å². The number of aromatic amines is 1. The Labute approximate surface area is 136 Å². The quantitative estimate of drug-likeness (QED) is 0.922. The smallest absolute Gasteiger partial charge is 0.257 e. The molecule has 0 saturated carbocycles. The summed E-state index contributed by atoms with van der Waals surface area (Å²) in [6.07, 6.45) is 5.82. The van der Waals surface area contributed by atoms with Crippen molar-refractivity contribution in [1.82, 2.24) is 15.1 Å². The molecule has 0 radical (unpaired) electrons. The maximum absolute atomic E-state index is 13.1. The minimum Gasteiger partial charge on any atom is -0.385 e. The fourth-order valence-electron chi connectivity index (χ4n) is 3.25. The van der Waals surface area contributed by atoms with Crippen LogP contribution in [-0.4, -0.2) is 47.3 Å². The minimum absolute atomic E-state index is 0.0680. The van der Waals surface area contributed by atoms with Gasteiger partial charge in [-0.25, -0.2) is 0 Å². The lowest BCUT2D eigenvalue weighted by Crippen LogP contribution is -2.44. The van der Waals surface area contributed by atoms with Crippen molar-refractivity contribution in [2.24, 2.45) is 0 Å². The van der Waals surface area contributed by atoms with Gasteiger partial charge in [0.1, 0.15) is 0 Å². The van der Waals surface area contributed by atoms with Crippen molar-refractivity contribution in [1.29, 1.82) is 0 Å². The monoisotopic (exact) mass is 313 g/mol. The topological polar surface area (TPSA) is 58.2 Å². The predicted molar refractivity (Wildman–Crippen MR) is 89.2 cm³/mol. The Kier molecular flexibility index (Phi) is 5.08. The molecule has 0 aliphatic carbocycles. The molecule has 1 saturated heterocycles. The van der Waals surface area contributed by atoms with Crippen molar-refractivity contribution < 1.29 is 9.53 Å². The van der Waals surface area contributed by atoms with Gasteiger partial charge in [0.05, 0.1) is 17.5 Å². The highest BCUT2D eigenvalue weighted by Crippen LogP contribution is 2.26. The third-order valence-corrected chi connectivity index (χ3v) is 4.48. The van der Waals surface area contributed by atoms with Crippen LogP contribution < -0.4 is 0 Å². The van der Waals surface area contributed by atoms with Crippen LogP contribution in [-0.2, 0) is 4.74 Å². The van der Waals surface area contributed by atoms with Crippen LogP contribution in [0.25, 0.3) is 11.3 Å². The third kappa shape index (κ3) is 3.45. The average molecular weight is 313 g/mol. The molecule has 5 nitrogen and oxygen atoms in total. The molecular weight excluding hydrogens is 290 g/mol. The number of amides is 1. The number of likely N-dealkylation sites (tertiary alicyclic amines) is 1. The molecule has 1 fully saturated rings. The highest BCUT2D eigenvalue weighted by atomic mass is 16.5. The summed E-state index contributed by atoms with van der Waals surface area (Å²) < 4.78 is 5.20. The van der Waals surface area contributed by atoms with Crippen LogP contribution in [0.3, 0.4) is 0 Å². The number of H-pyrrole nitrogens is 1. The molecule has 5 heteroatoms. The van der Waals surface area contributed by atoms with E-state index in [1.807, 2.05) is 35.2 Å². The second-order valence-electron chi connectivity index (χ2n) is 5.95. The molecular formula is C18H23N3O2. The number of nitrogens with one attached hydrogen (secondary N) is 1. The molecule has 23 heavy (non-hydrogen) atoms. The lowest BCUT2D eigenvalue weighted by atomic mass is 9.98. The first kappa shape index (κ1) is 15.7. The molecule has 1 aromatic carbocycles. The Morgan fingerprint density at radius 2 is 2.17 bits per heavy atom. The molecule has 122 valence electrons. The van der Waals surface area contributed by atoms with Gasteiger partial charge < -0.3 is 9.64 Å². The second-order valence-corrected chi connectivity index (χ2v) is 5.95. The number of aromatic nitrogens is 2. The molecule has 2 heterocycles. The molecule has 0 bridgehead atoms. The SMILES string of the molecule is COCCC1CCCCN1C(=O)c1cn[nH]c1-c1ccccc1. The molecule has 1 N–H and O–H groups in total. The Hall–Kier alpha value is -2.14. The van der Waals surface area contributed by atoms with E-state index >= 15 is 0 Å². The Morgan fingerprint density at radius 3 is 2.96 bits per heavy atom. The fraction of sp³-hybridized carbons (Fsp3) is 0.444. The zero-order valence-electron chi connectivity index (χ0n) is 13.5. The maximum atomic E-state index is 13.1. The van der Waals surface area contributed by atoms with Crippen LogP contribution in [0.2, 0.25) is 0 Å². The Morgan fingerprint density at radius 1 is 1.35 bits per heavy atom. The zero-order valence-corrected chi connectivity index (χ0v) is 13.5. The number of carbonyl (C=O) groups is 1. The highest BCUT2D eigenvalue weighted by Gasteiger charge is 2.29. The number of benzene rings is 1. The van der Waals surface area contributed by atoms with Crippen LogP contribution >= 0.6 is 0 Å². The van der Waals surface area contributed by atoms with E-state index in [-0.39, 0.29) is 11.9 Å². The summed E-state index contributed by atoms with van der Waals surface area (Å²) in [5, 5.41) is 7.08. The van der Waals surface area contributed by atoms with E-state index < -0.39 is 0 Å². The minimum atomic E-state index is 0.0680. The summed E-state index contributed by atoms with van der Waals surface area (Å²) in [7, 11) is 1.71. The molecule has 1 unspecified atom stereocenters. The standard InChI is InChI=1S/C18H23N3O2/c1-23-12-10-15-9-5-6-11-21(15)18(22)16-13-19-20-17(16)14-7-3-2-4-8-14/h2-4,7-8,13,15H,5-6,9-12H2,1H3,(H,19,20). The summed E-state index contributed by atoms with van der Waals surface area (Å²) in [4.78, 5) is 15.1. The largest absolute Gasteiger partial charge is 0.385 e. The van der Waals surface area contributed by atoms with Crippen LogP contribution in [0, 0.1) is 0 Å². The van der Waals surface area contributed by atoms with Crippen LogP contribution in [0.4, 0.5) is 0 Å². The van der Waals surface area contributed by atoms with Crippen molar-refractivity contribution >= 4 is 5.91 Å². The van der Waals surface area contributed by atoms with Crippen molar-refractivity contribution in [3.05, 3.63) is 42.1 Å². The Balaban J connectivity index is 1.84. The average Bonchev–Trinajstić information content (AvgIpc) is 3.10. The van der Waals surface area contributed by atoms with Crippen molar-refractivity contribution in [3.8, 4) is 11.3 Å². The molecule has 0 spiro atoms. The van der Waals surface area contributed by atoms with Gasteiger partial charge in [-0.05, 0) is 25.7 Å². The van der Waals surface area contributed by atoms with E-state index in [0.29, 0.717) is 12.2 Å². The number of rotatable bonds is 5. The second kappa shape index (κ2) is 7.42. The number of ether oxygens (including phenoxy) is 1. The van der Waals surface area contributed by atoms with Gasteiger partial charge in [0.25, 0.3) is 5.91 Å². The van der Waals surface area contributed by atoms with E-state index in [0.717, 1.165) is 37.1 Å². The molecule has 1 aliphatic heterocycles. The predicted octanol–water partition coefficient (Wildman–Crippen LogP) is 3.11. The lowest BCUT2D eigenvalue weighted by molar-refractivity contribution is 0.0554. The molecule has 1 aromatic heterocycles. The molecule has 2 aromatic rings. The summed E-state index contributed by atoms with van der Waals surface area (Å²) in [6.45, 7) is 1.50. The first-order valence-electron chi connectivity index (χ1n) is 8.20. The number of piperidine rings is 1. The fourth-order valence-corrected chi connectivity index (χ4v) is 3.25. The van der Waals surface area contributed by atoms with E-state index in [9.17, 15) is 4.79 Å². The van der Waals surface area contributed by atoms with Crippen molar-refractivity contribution in [3.63, 3.8) is 0 Å². The number of hydrogen-bond donors (Lipinski definition) is 1.